The molecule has 2 aromatic rings. The number of methoxy groups -OCH3 is 3. The Balaban J connectivity index is 2.33. The molecule has 0 aliphatic rings. The van der Waals surface area contributed by atoms with Crippen LogP contribution in [0, 0.1) is 13.8 Å². The van der Waals surface area contributed by atoms with E-state index in [9.17, 15) is 4.79 Å². The highest BCUT2D eigenvalue weighted by molar-refractivity contribution is 6.07. The third-order valence-electron chi connectivity index (χ3n) is 3.94. The molecular formula is C20H22O4. The largest absolute Gasteiger partial charge is 0.496 e. The van der Waals surface area contributed by atoms with Crippen LogP contribution in [0.15, 0.2) is 36.4 Å². The van der Waals surface area contributed by atoms with Gasteiger partial charge >= 0.3 is 0 Å². The molecule has 0 heterocycles. The van der Waals surface area contributed by atoms with E-state index in [2.05, 4.69) is 0 Å². The summed E-state index contributed by atoms with van der Waals surface area (Å²) in [7, 11) is 4.71. The summed E-state index contributed by atoms with van der Waals surface area (Å²) < 4.78 is 15.9. The number of hydrogen-bond acceptors (Lipinski definition) is 4. The summed E-state index contributed by atoms with van der Waals surface area (Å²) in [6, 6.07) is 9.20. The Labute approximate surface area is 142 Å². The SMILES string of the molecule is COc1cc(OC)c(OC)cc1C=CC(=O)c1ccc(C)c(C)c1. The highest BCUT2D eigenvalue weighted by atomic mass is 16.5. The van der Waals surface area contributed by atoms with E-state index >= 15 is 0 Å². The maximum Gasteiger partial charge on any atom is 0.185 e. The summed E-state index contributed by atoms with van der Waals surface area (Å²) in [6.45, 7) is 4.01. The maximum absolute atomic E-state index is 12.4. The Morgan fingerprint density at radius 3 is 2.04 bits per heavy atom. The van der Waals surface area contributed by atoms with Crippen molar-refractivity contribution in [3.63, 3.8) is 0 Å². The van der Waals surface area contributed by atoms with Crippen molar-refractivity contribution in [1.82, 2.24) is 0 Å². The lowest BCUT2D eigenvalue weighted by molar-refractivity contribution is 0.104. The van der Waals surface area contributed by atoms with Crippen LogP contribution in [0.1, 0.15) is 27.0 Å². The second-order valence-electron chi connectivity index (χ2n) is 5.45. The van der Waals surface area contributed by atoms with Gasteiger partial charge in [0.25, 0.3) is 0 Å². The highest BCUT2D eigenvalue weighted by Gasteiger charge is 2.11. The van der Waals surface area contributed by atoms with Crippen LogP contribution in [0.4, 0.5) is 0 Å². The van der Waals surface area contributed by atoms with Gasteiger partial charge in [-0.2, -0.15) is 0 Å². The van der Waals surface area contributed by atoms with Crippen molar-refractivity contribution in [3.05, 3.63) is 58.7 Å². The number of ketones is 1. The molecule has 0 aromatic heterocycles. The minimum Gasteiger partial charge on any atom is -0.496 e. The molecule has 24 heavy (non-hydrogen) atoms. The zero-order chi connectivity index (χ0) is 17.7. The number of carbonyl (C=O) groups is 1. The zero-order valence-electron chi connectivity index (χ0n) is 14.7. The molecule has 0 aliphatic heterocycles. The molecule has 0 aliphatic carbocycles. The number of ether oxygens (including phenoxy) is 3. The minimum absolute atomic E-state index is 0.0602. The molecule has 2 rings (SSSR count). The lowest BCUT2D eigenvalue weighted by atomic mass is 10.0. The first-order valence-electron chi connectivity index (χ1n) is 7.59. The lowest BCUT2D eigenvalue weighted by Crippen LogP contribution is -1.97. The van der Waals surface area contributed by atoms with E-state index in [1.807, 2.05) is 32.0 Å². The van der Waals surface area contributed by atoms with E-state index in [0.29, 0.717) is 22.8 Å². The second-order valence-corrected chi connectivity index (χ2v) is 5.45. The van der Waals surface area contributed by atoms with Gasteiger partial charge < -0.3 is 14.2 Å². The number of benzene rings is 2. The molecule has 0 saturated carbocycles. The molecule has 4 nitrogen and oxygen atoms in total. The van der Waals surface area contributed by atoms with Crippen LogP contribution in [-0.2, 0) is 0 Å². The molecule has 0 unspecified atom stereocenters. The number of aryl methyl sites for hydroxylation is 2. The zero-order valence-corrected chi connectivity index (χ0v) is 14.7. The Kier molecular flexibility index (Phi) is 5.64. The fraction of sp³-hybridized carbons (Fsp3) is 0.250. The Bertz CT molecular complexity index is 775. The van der Waals surface area contributed by atoms with Gasteiger partial charge in [-0.25, -0.2) is 0 Å². The van der Waals surface area contributed by atoms with E-state index < -0.39 is 0 Å². The van der Waals surface area contributed by atoms with Crippen molar-refractivity contribution in [3.8, 4) is 17.2 Å². The van der Waals surface area contributed by atoms with Crippen molar-refractivity contribution < 1.29 is 19.0 Å². The van der Waals surface area contributed by atoms with Crippen LogP contribution in [0.5, 0.6) is 17.2 Å². The molecule has 0 atom stereocenters. The Hall–Kier alpha value is -2.75. The topological polar surface area (TPSA) is 44.8 Å². The summed E-state index contributed by atoms with van der Waals surface area (Å²) in [6.07, 6.45) is 3.26. The summed E-state index contributed by atoms with van der Waals surface area (Å²) in [5.74, 6) is 1.70. The van der Waals surface area contributed by atoms with Gasteiger partial charge in [0, 0.05) is 17.2 Å². The molecule has 126 valence electrons. The third kappa shape index (κ3) is 3.77. The lowest BCUT2D eigenvalue weighted by Gasteiger charge is -2.12. The molecule has 0 amide bonds. The van der Waals surface area contributed by atoms with Crippen molar-refractivity contribution in [2.24, 2.45) is 0 Å². The van der Waals surface area contributed by atoms with Crippen LogP contribution in [-0.4, -0.2) is 27.1 Å². The van der Waals surface area contributed by atoms with Gasteiger partial charge in [0.15, 0.2) is 17.3 Å². The van der Waals surface area contributed by atoms with Crippen molar-refractivity contribution in [2.75, 3.05) is 21.3 Å². The molecule has 0 spiro atoms. The van der Waals surface area contributed by atoms with Crippen LogP contribution >= 0.6 is 0 Å². The average Bonchev–Trinajstić information content (AvgIpc) is 2.60. The van der Waals surface area contributed by atoms with Crippen LogP contribution in [0.25, 0.3) is 6.08 Å². The van der Waals surface area contributed by atoms with Crippen LogP contribution < -0.4 is 14.2 Å². The first-order valence-corrected chi connectivity index (χ1v) is 7.59. The van der Waals surface area contributed by atoms with Gasteiger partial charge in [-0.15, -0.1) is 0 Å². The predicted molar refractivity (Wildman–Crippen MR) is 95.4 cm³/mol. The van der Waals surface area contributed by atoms with E-state index in [0.717, 1.165) is 16.7 Å². The fourth-order valence-electron chi connectivity index (χ4n) is 2.34. The van der Waals surface area contributed by atoms with E-state index in [4.69, 9.17) is 14.2 Å². The minimum atomic E-state index is -0.0602. The first-order chi connectivity index (χ1) is 11.5. The smallest absolute Gasteiger partial charge is 0.185 e. The third-order valence-corrected chi connectivity index (χ3v) is 3.94. The van der Waals surface area contributed by atoms with Gasteiger partial charge in [-0.3, -0.25) is 4.79 Å². The molecule has 4 heteroatoms. The van der Waals surface area contributed by atoms with Gasteiger partial charge in [0.05, 0.1) is 21.3 Å². The second kappa shape index (κ2) is 7.68. The first kappa shape index (κ1) is 17.6. The number of allylic oxidation sites excluding steroid dienone is 1. The quantitative estimate of drug-likeness (QED) is 0.589. The van der Waals surface area contributed by atoms with Crippen molar-refractivity contribution >= 4 is 11.9 Å². The highest BCUT2D eigenvalue weighted by Crippen LogP contribution is 2.35. The van der Waals surface area contributed by atoms with E-state index in [1.165, 1.54) is 6.08 Å². The Morgan fingerprint density at radius 2 is 1.46 bits per heavy atom. The van der Waals surface area contributed by atoms with Crippen molar-refractivity contribution in [1.29, 1.82) is 0 Å². The molecule has 0 saturated heterocycles. The molecule has 0 radical (unpaired) electrons. The molecule has 0 fully saturated rings. The summed E-state index contributed by atoms with van der Waals surface area (Å²) in [5, 5.41) is 0. The molecule has 2 aromatic carbocycles. The summed E-state index contributed by atoms with van der Waals surface area (Å²) in [4.78, 5) is 12.4. The van der Waals surface area contributed by atoms with Crippen LogP contribution in [0.3, 0.4) is 0 Å². The molecule has 0 bridgehead atoms. The maximum atomic E-state index is 12.4. The molecule has 0 N–H and O–H groups in total. The number of rotatable bonds is 6. The number of carbonyl (C=O) groups excluding carboxylic acids is 1. The Morgan fingerprint density at radius 1 is 0.833 bits per heavy atom. The monoisotopic (exact) mass is 326 g/mol. The van der Waals surface area contributed by atoms with Crippen LogP contribution in [0.2, 0.25) is 0 Å². The normalized spacial score (nSPS) is 10.7. The fourth-order valence-corrected chi connectivity index (χ4v) is 2.34. The average molecular weight is 326 g/mol. The van der Waals surface area contributed by atoms with E-state index in [-0.39, 0.29) is 5.78 Å². The standard InChI is InChI=1S/C20H22O4/c1-13-6-7-15(10-14(13)2)17(21)9-8-16-11-19(23-4)20(24-5)12-18(16)22-3/h6-12H,1-5H3. The van der Waals surface area contributed by atoms with Gasteiger partial charge in [-0.1, -0.05) is 12.1 Å². The summed E-state index contributed by atoms with van der Waals surface area (Å²) >= 11 is 0. The van der Waals surface area contributed by atoms with E-state index in [1.54, 1.807) is 39.5 Å². The van der Waals surface area contributed by atoms with Gasteiger partial charge in [0.2, 0.25) is 0 Å². The van der Waals surface area contributed by atoms with Gasteiger partial charge in [0.1, 0.15) is 5.75 Å². The van der Waals surface area contributed by atoms with Gasteiger partial charge in [-0.05, 0) is 49.3 Å². The predicted octanol–water partition coefficient (Wildman–Crippen LogP) is 4.23. The van der Waals surface area contributed by atoms with Crippen molar-refractivity contribution in [2.45, 2.75) is 13.8 Å². The summed E-state index contributed by atoms with van der Waals surface area (Å²) in [5.41, 5.74) is 3.66. The number of hydrogen-bond donors (Lipinski definition) is 0. The molecular weight excluding hydrogens is 304 g/mol.